The molecular weight excluding hydrogens is 268 g/mol. The zero-order valence-electron chi connectivity index (χ0n) is 11.3. The highest BCUT2D eigenvalue weighted by Crippen LogP contribution is 2.24. The van der Waals surface area contributed by atoms with E-state index in [1.54, 1.807) is 35.5 Å². The van der Waals surface area contributed by atoms with Crippen LogP contribution in [0.4, 0.5) is 0 Å². The Bertz CT molecular complexity index is 698. The summed E-state index contributed by atoms with van der Waals surface area (Å²) in [4.78, 5) is 28.9. The molecular formula is C16H14N2O3. The van der Waals surface area contributed by atoms with Gasteiger partial charge in [-0.2, -0.15) is 0 Å². The number of benzene rings is 1. The molecule has 1 aliphatic heterocycles. The van der Waals surface area contributed by atoms with Crippen LogP contribution in [0.15, 0.2) is 42.7 Å². The number of aromatic nitrogens is 1. The molecule has 1 N–H and O–H groups in total. The summed E-state index contributed by atoms with van der Waals surface area (Å²) < 4.78 is 0. The number of nitrogens with zero attached hydrogens (tertiary/aromatic N) is 2. The number of carbonyl (C=O) groups is 2. The molecule has 0 bridgehead atoms. The largest absolute Gasteiger partial charge is 0.478 e. The number of pyridine rings is 1. The number of carbonyl (C=O) groups excluding carboxylic acids is 1. The van der Waals surface area contributed by atoms with Gasteiger partial charge in [0.05, 0.1) is 12.0 Å². The molecule has 0 unspecified atom stereocenters. The number of fused-ring (bicyclic) bond motifs is 1. The molecule has 0 radical (unpaired) electrons. The standard InChI is InChI=1S/C16H14N2O3/c19-15(7-11-3-5-17-6-4-11)18-9-13-2-1-12(16(20)21)8-14(13)10-18/h1-6,8H,7,9-10H2,(H,20,21). The molecule has 1 aromatic heterocycles. The monoisotopic (exact) mass is 282 g/mol. The molecule has 3 rings (SSSR count). The first-order chi connectivity index (χ1) is 10.1. The Kier molecular flexibility index (Phi) is 3.39. The van der Waals surface area contributed by atoms with Gasteiger partial charge in [-0.1, -0.05) is 6.07 Å². The van der Waals surface area contributed by atoms with Crippen molar-refractivity contribution < 1.29 is 14.7 Å². The zero-order chi connectivity index (χ0) is 14.8. The van der Waals surface area contributed by atoms with Gasteiger partial charge in [0, 0.05) is 25.5 Å². The number of carboxylic acids is 1. The number of rotatable bonds is 3. The van der Waals surface area contributed by atoms with E-state index in [0.29, 0.717) is 19.5 Å². The van der Waals surface area contributed by atoms with Gasteiger partial charge in [0.25, 0.3) is 0 Å². The molecule has 1 aromatic carbocycles. The first-order valence-corrected chi connectivity index (χ1v) is 6.65. The van der Waals surface area contributed by atoms with E-state index >= 15 is 0 Å². The molecule has 0 spiro atoms. The van der Waals surface area contributed by atoms with Crippen LogP contribution in [-0.4, -0.2) is 26.9 Å². The summed E-state index contributed by atoms with van der Waals surface area (Å²) >= 11 is 0. The Balaban J connectivity index is 1.72. The third-order valence-electron chi connectivity index (χ3n) is 3.63. The second-order valence-electron chi connectivity index (χ2n) is 5.07. The molecule has 0 fully saturated rings. The molecule has 1 amide bonds. The van der Waals surface area contributed by atoms with Gasteiger partial charge in [0.2, 0.25) is 5.91 Å². The number of carboxylic acid groups (broad SMARTS) is 1. The summed E-state index contributed by atoms with van der Waals surface area (Å²) in [5.41, 5.74) is 3.12. The van der Waals surface area contributed by atoms with E-state index in [9.17, 15) is 9.59 Å². The Morgan fingerprint density at radius 1 is 1.10 bits per heavy atom. The molecule has 1 aliphatic rings. The number of amides is 1. The van der Waals surface area contributed by atoms with Crippen molar-refractivity contribution >= 4 is 11.9 Å². The normalized spacial score (nSPS) is 13.0. The van der Waals surface area contributed by atoms with E-state index in [1.165, 1.54) is 0 Å². The highest BCUT2D eigenvalue weighted by atomic mass is 16.4. The van der Waals surface area contributed by atoms with Crippen LogP contribution in [-0.2, 0) is 24.3 Å². The lowest BCUT2D eigenvalue weighted by Crippen LogP contribution is -2.26. The number of hydrogen-bond donors (Lipinski definition) is 1. The lowest BCUT2D eigenvalue weighted by atomic mass is 10.1. The minimum Gasteiger partial charge on any atom is -0.478 e. The van der Waals surface area contributed by atoms with Gasteiger partial charge < -0.3 is 10.0 Å². The van der Waals surface area contributed by atoms with Gasteiger partial charge in [-0.15, -0.1) is 0 Å². The second kappa shape index (κ2) is 5.36. The van der Waals surface area contributed by atoms with Gasteiger partial charge in [0.1, 0.15) is 0 Å². The predicted octanol–water partition coefficient (Wildman–Crippen LogP) is 1.86. The molecule has 5 heteroatoms. The summed E-state index contributed by atoms with van der Waals surface area (Å²) in [6.45, 7) is 1.01. The van der Waals surface area contributed by atoms with E-state index in [-0.39, 0.29) is 11.5 Å². The van der Waals surface area contributed by atoms with Gasteiger partial charge in [-0.25, -0.2) is 4.79 Å². The fourth-order valence-corrected chi connectivity index (χ4v) is 2.49. The second-order valence-corrected chi connectivity index (χ2v) is 5.07. The van der Waals surface area contributed by atoms with Crippen LogP contribution in [0.2, 0.25) is 0 Å². The molecule has 0 saturated heterocycles. The van der Waals surface area contributed by atoms with Crippen molar-refractivity contribution in [1.29, 1.82) is 0 Å². The molecule has 0 atom stereocenters. The number of hydrogen-bond acceptors (Lipinski definition) is 3. The number of aromatic carboxylic acids is 1. The van der Waals surface area contributed by atoms with Crippen LogP contribution in [0.1, 0.15) is 27.0 Å². The molecule has 0 aliphatic carbocycles. The summed E-state index contributed by atoms with van der Waals surface area (Å²) in [5.74, 6) is -0.909. The Hall–Kier alpha value is -2.69. The van der Waals surface area contributed by atoms with Crippen molar-refractivity contribution in [3.8, 4) is 0 Å². The fourth-order valence-electron chi connectivity index (χ4n) is 2.49. The van der Waals surface area contributed by atoms with Crippen molar-refractivity contribution in [2.24, 2.45) is 0 Å². The smallest absolute Gasteiger partial charge is 0.335 e. The Labute approximate surface area is 121 Å². The average molecular weight is 282 g/mol. The van der Waals surface area contributed by atoms with Gasteiger partial charge in [-0.05, 0) is 41.0 Å². The maximum absolute atomic E-state index is 12.3. The first-order valence-electron chi connectivity index (χ1n) is 6.65. The molecule has 5 nitrogen and oxygen atoms in total. The molecule has 0 saturated carbocycles. The Morgan fingerprint density at radius 2 is 1.81 bits per heavy atom. The van der Waals surface area contributed by atoms with E-state index in [4.69, 9.17) is 5.11 Å². The topological polar surface area (TPSA) is 70.5 Å². The quantitative estimate of drug-likeness (QED) is 0.933. The van der Waals surface area contributed by atoms with Crippen LogP contribution < -0.4 is 0 Å². The lowest BCUT2D eigenvalue weighted by molar-refractivity contribution is -0.131. The predicted molar refractivity (Wildman–Crippen MR) is 75.6 cm³/mol. The van der Waals surface area contributed by atoms with Crippen LogP contribution in [0, 0.1) is 0 Å². The molecule has 106 valence electrons. The van der Waals surface area contributed by atoms with Gasteiger partial charge in [0.15, 0.2) is 0 Å². The molecule has 2 aromatic rings. The van der Waals surface area contributed by atoms with Crippen molar-refractivity contribution in [2.75, 3.05) is 0 Å². The lowest BCUT2D eigenvalue weighted by Gasteiger charge is -2.15. The zero-order valence-corrected chi connectivity index (χ0v) is 11.3. The van der Waals surface area contributed by atoms with Gasteiger partial charge >= 0.3 is 5.97 Å². The third kappa shape index (κ3) is 2.76. The average Bonchev–Trinajstić information content (AvgIpc) is 2.91. The van der Waals surface area contributed by atoms with Crippen molar-refractivity contribution in [3.05, 3.63) is 65.0 Å². The summed E-state index contributed by atoms with van der Waals surface area (Å²) in [6, 6.07) is 8.67. The van der Waals surface area contributed by atoms with E-state index in [2.05, 4.69) is 4.98 Å². The minimum atomic E-state index is -0.945. The summed E-state index contributed by atoms with van der Waals surface area (Å²) in [7, 11) is 0. The maximum Gasteiger partial charge on any atom is 0.335 e. The fraction of sp³-hybridized carbons (Fsp3) is 0.188. The van der Waals surface area contributed by atoms with Gasteiger partial charge in [-0.3, -0.25) is 9.78 Å². The first kappa shape index (κ1) is 13.3. The van der Waals surface area contributed by atoms with E-state index in [0.717, 1.165) is 16.7 Å². The Morgan fingerprint density at radius 3 is 2.52 bits per heavy atom. The van der Waals surface area contributed by atoms with Crippen LogP contribution in [0.3, 0.4) is 0 Å². The van der Waals surface area contributed by atoms with Crippen LogP contribution >= 0.6 is 0 Å². The van der Waals surface area contributed by atoms with E-state index < -0.39 is 5.97 Å². The highest BCUT2D eigenvalue weighted by Gasteiger charge is 2.24. The molecule has 2 heterocycles. The summed E-state index contributed by atoms with van der Waals surface area (Å²) in [6.07, 6.45) is 3.67. The molecule has 21 heavy (non-hydrogen) atoms. The van der Waals surface area contributed by atoms with E-state index in [1.807, 2.05) is 12.1 Å². The highest BCUT2D eigenvalue weighted by molar-refractivity contribution is 5.88. The van der Waals surface area contributed by atoms with Crippen LogP contribution in [0.5, 0.6) is 0 Å². The van der Waals surface area contributed by atoms with Crippen molar-refractivity contribution in [3.63, 3.8) is 0 Å². The SMILES string of the molecule is O=C(O)c1ccc2c(c1)CN(C(=O)Cc1ccncc1)C2. The minimum absolute atomic E-state index is 0.0364. The maximum atomic E-state index is 12.3. The van der Waals surface area contributed by atoms with Crippen molar-refractivity contribution in [1.82, 2.24) is 9.88 Å². The van der Waals surface area contributed by atoms with Crippen molar-refractivity contribution in [2.45, 2.75) is 19.5 Å². The third-order valence-corrected chi connectivity index (χ3v) is 3.63. The van der Waals surface area contributed by atoms with Crippen LogP contribution in [0.25, 0.3) is 0 Å². The summed E-state index contributed by atoms with van der Waals surface area (Å²) in [5, 5.41) is 9.00.